The van der Waals surface area contributed by atoms with E-state index in [4.69, 9.17) is 4.74 Å². The van der Waals surface area contributed by atoms with Crippen LogP contribution in [0.1, 0.15) is 11.1 Å². The number of rotatable bonds is 5. The third kappa shape index (κ3) is 4.30. The lowest BCUT2D eigenvalue weighted by atomic mass is 10.2. The molecule has 3 aromatic rings. The summed E-state index contributed by atoms with van der Waals surface area (Å²) in [4.78, 5) is 1.15. The van der Waals surface area contributed by atoms with Gasteiger partial charge in [-0.1, -0.05) is 30.3 Å². The topological polar surface area (TPSA) is 29.5 Å². The smallest absolute Gasteiger partial charge is 0.127 e. The molecule has 0 radical (unpaired) electrons. The molecule has 0 unspecified atom stereocenters. The summed E-state index contributed by atoms with van der Waals surface area (Å²) in [7, 11) is 0. The van der Waals surface area contributed by atoms with E-state index in [0.29, 0.717) is 5.75 Å². The van der Waals surface area contributed by atoms with E-state index >= 15 is 0 Å². The third-order valence-corrected chi connectivity index (χ3v) is 4.52. The van der Waals surface area contributed by atoms with Gasteiger partial charge >= 0.3 is 0 Å². The molecule has 0 aliphatic carbocycles. The SMILES string of the molecule is Cc1cc(SCc2cccc(Oc3ccccc3)c2)ccc1O. The molecule has 3 aromatic carbocycles. The zero-order chi connectivity index (χ0) is 16.1. The molecule has 116 valence electrons. The predicted octanol–water partition coefficient (Wildman–Crippen LogP) is 5.79. The Morgan fingerprint density at radius 1 is 0.870 bits per heavy atom. The first-order valence-corrected chi connectivity index (χ1v) is 8.43. The molecule has 0 bridgehead atoms. The highest BCUT2D eigenvalue weighted by Gasteiger charge is 2.02. The molecule has 0 aromatic heterocycles. The van der Waals surface area contributed by atoms with Crippen LogP contribution in [0.5, 0.6) is 17.2 Å². The van der Waals surface area contributed by atoms with Crippen molar-refractivity contribution in [3.05, 3.63) is 83.9 Å². The average molecular weight is 322 g/mol. The van der Waals surface area contributed by atoms with Gasteiger partial charge in [0.05, 0.1) is 0 Å². The number of aryl methyl sites for hydroxylation is 1. The van der Waals surface area contributed by atoms with Crippen LogP contribution in [-0.2, 0) is 5.75 Å². The minimum absolute atomic E-state index is 0.340. The first kappa shape index (κ1) is 15.5. The minimum Gasteiger partial charge on any atom is -0.508 e. The molecule has 23 heavy (non-hydrogen) atoms. The number of ether oxygens (including phenoxy) is 1. The standard InChI is InChI=1S/C20H18O2S/c1-15-12-19(10-11-20(15)21)23-14-16-6-5-9-18(13-16)22-17-7-3-2-4-8-17/h2-13,21H,14H2,1H3. The Kier molecular flexibility index (Phi) is 4.89. The van der Waals surface area contributed by atoms with Gasteiger partial charge in [0.2, 0.25) is 0 Å². The van der Waals surface area contributed by atoms with Crippen molar-refractivity contribution in [2.75, 3.05) is 0 Å². The van der Waals surface area contributed by atoms with Gasteiger partial charge in [-0.3, -0.25) is 0 Å². The van der Waals surface area contributed by atoms with E-state index in [0.717, 1.165) is 27.7 Å². The maximum Gasteiger partial charge on any atom is 0.127 e. The van der Waals surface area contributed by atoms with Gasteiger partial charge in [0.25, 0.3) is 0 Å². The first-order chi connectivity index (χ1) is 11.2. The van der Waals surface area contributed by atoms with Gasteiger partial charge in [0.1, 0.15) is 17.2 Å². The highest BCUT2D eigenvalue weighted by Crippen LogP contribution is 2.29. The van der Waals surface area contributed by atoms with Gasteiger partial charge in [-0.15, -0.1) is 11.8 Å². The lowest BCUT2D eigenvalue weighted by molar-refractivity contribution is 0.470. The van der Waals surface area contributed by atoms with Crippen LogP contribution in [0.2, 0.25) is 0 Å². The van der Waals surface area contributed by atoms with Crippen LogP contribution in [-0.4, -0.2) is 5.11 Å². The van der Waals surface area contributed by atoms with Crippen molar-refractivity contribution in [1.82, 2.24) is 0 Å². The number of hydrogen-bond acceptors (Lipinski definition) is 3. The molecule has 0 saturated carbocycles. The van der Waals surface area contributed by atoms with Gasteiger partial charge < -0.3 is 9.84 Å². The summed E-state index contributed by atoms with van der Waals surface area (Å²) >= 11 is 1.74. The quantitative estimate of drug-likeness (QED) is 0.603. The summed E-state index contributed by atoms with van der Waals surface area (Å²) in [5, 5.41) is 9.58. The molecule has 0 fully saturated rings. The third-order valence-electron chi connectivity index (χ3n) is 3.45. The summed E-state index contributed by atoms with van der Waals surface area (Å²) in [5.41, 5.74) is 2.10. The predicted molar refractivity (Wildman–Crippen MR) is 95.4 cm³/mol. The van der Waals surface area contributed by atoms with Gasteiger partial charge in [0, 0.05) is 10.6 Å². The van der Waals surface area contributed by atoms with Crippen molar-refractivity contribution < 1.29 is 9.84 Å². The highest BCUT2D eigenvalue weighted by atomic mass is 32.2. The van der Waals surface area contributed by atoms with E-state index < -0.39 is 0 Å². The second-order valence-corrected chi connectivity index (χ2v) is 6.35. The van der Waals surface area contributed by atoms with Crippen LogP contribution in [0.25, 0.3) is 0 Å². The summed E-state index contributed by atoms with van der Waals surface area (Å²) in [5.74, 6) is 2.88. The fourth-order valence-corrected chi connectivity index (χ4v) is 3.15. The fraction of sp³-hybridized carbons (Fsp3) is 0.100. The second kappa shape index (κ2) is 7.25. The van der Waals surface area contributed by atoms with Gasteiger partial charge in [0.15, 0.2) is 0 Å². The Balaban J connectivity index is 1.66. The van der Waals surface area contributed by atoms with E-state index in [1.807, 2.05) is 61.5 Å². The number of hydrogen-bond donors (Lipinski definition) is 1. The summed E-state index contributed by atoms with van der Waals surface area (Å²) in [6.07, 6.45) is 0. The van der Waals surface area contributed by atoms with Crippen molar-refractivity contribution in [1.29, 1.82) is 0 Å². The van der Waals surface area contributed by atoms with Crippen molar-refractivity contribution in [3.63, 3.8) is 0 Å². The van der Waals surface area contributed by atoms with Gasteiger partial charge in [-0.25, -0.2) is 0 Å². The Morgan fingerprint density at radius 2 is 1.65 bits per heavy atom. The molecular weight excluding hydrogens is 304 g/mol. The Bertz CT molecular complexity index is 785. The summed E-state index contributed by atoms with van der Waals surface area (Å²) in [6, 6.07) is 23.6. The lowest BCUT2D eigenvalue weighted by Gasteiger charge is -2.08. The Labute approximate surface area is 140 Å². The van der Waals surface area contributed by atoms with Crippen molar-refractivity contribution in [2.24, 2.45) is 0 Å². The van der Waals surface area contributed by atoms with E-state index in [-0.39, 0.29) is 0 Å². The van der Waals surface area contributed by atoms with Crippen molar-refractivity contribution in [2.45, 2.75) is 17.6 Å². The number of phenols is 1. The normalized spacial score (nSPS) is 10.5. The Hall–Kier alpha value is -2.39. The van der Waals surface area contributed by atoms with E-state index in [2.05, 4.69) is 12.1 Å². The van der Waals surface area contributed by atoms with Crippen LogP contribution in [0.15, 0.2) is 77.7 Å². The number of para-hydroxylation sites is 1. The molecule has 0 atom stereocenters. The van der Waals surface area contributed by atoms with Crippen LogP contribution in [0, 0.1) is 6.92 Å². The van der Waals surface area contributed by atoms with Gasteiger partial charge in [-0.05, 0) is 60.5 Å². The molecule has 0 spiro atoms. The molecule has 0 amide bonds. The molecule has 3 rings (SSSR count). The highest BCUT2D eigenvalue weighted by molar-refractivity contribution is 7.98. The molecule has 1 N–H and O–H groups in total. The molecule has 0 aliphatic rings. The summed E-state index contributed by atoms with van der Waals surface area (Å²) in [6.45, 7) is 1.91. The lowest BCUT2D eigenvalue weighted by Crippen LogP contribution is -1.86. The van der Waals surface area contributed by atoms with Crippen molar-refractivity contribution in [3.8, 4) is 17.2 Å². The van der Waals surface area contributed by atoms with Crippen LogP contribution in [0.4, 0.5) is 0 Å². The number of aromatic hydroxyl groups is 1. The number of thioether (sulfide) groups is 1. The summed E-state index contributed by atoms with van der Waals surface area (Å²) < 4.78 is 5.86. The molecule has 0 aliphatic heterocycles. The maximum absolute atomic E-state index is 9.58. The number of phenolic OH excluding ortho intramolecular Hbond substituents is 1. The molecule has 2 nitrogen and oxygen atoms in total. The molecule has 0 heterocycles. The Morgan fingerprint density at radius 3 is 2.43 bits per heavy atom. The second-order valence-electron chi connectivity index (χ2n) is 5.30. The average Bonchev–Trinajstić information content (AvgIpc) is 2.57. The van der Waals surface area contributed by atoms with E-state index in [1.165, 1.54) is 5.56 Å². The largest absolute Gasteiger partial charge is 0.508 e. The fourth-order valence-electron chi connectivity index (χ4n) is 2.21. The van der Waals surface area contributed by atoms with Crippen LogP contribution < -0.4 is 4.74 Å². The van der Waals surface area contributed by atoms with Crippen LogP contribution in [0.3, 0.4) is 0 Å². The van der Waals surface area contributed by atoms with Crippen LogP contribution >= 0.6 is 11.8 Å². The molecular formula is C20H18O2S. The van der Waals surface area contributed by atoms with Crippen molar-refractivity contribution >= 4 is 11.8 Å². The van der Waals surface area contributed by atoms with Gasteiger partial charge in [-0.2, -0.15) is 0 Å². The number of benzene rings is 3. The van der Waals surface area contributed by atoms with E-state index in [9.17, 15) is 5.11 Å². The van der Waals surface area contributed by atoms with E-state index in [1.54, 1.807) is 17.8 Å². The minimum atomic E-state index is 0.340. The molecule has 3 heteroatoms. The monoisotopic (exact) mass is 322 g/mol. The first-order valence-electron chi connectivity index (χ1n) is 7.45. The maximum atomic E-state index is 9.58. The zero-order valence-corrected chi connectivity index (χ0v) is 13.7. The zero-order valence-electron chi connectivity index (χ0n) is 12.9. The molecule has 0 saturated heterocycles.